The highest BCUT2D eigenvalue weighted by Gasteiger charge is 2.43. The van der Waals surface area contributed by atoms with Gasteiger partial charge in [-0.2, -0.15) is 0 Å². The van der Waals surface area contributed by atoms with Crippen LogP contribution in [0.5, 0.6) is 0 Å². The van der Waals surface area contributed by atoms with Gasteiger partial charge >= 0.3 is 5.97 Å². The molecule has 0 aromatic carbocycles. The van der Waals surface area contributed by atoms with E-state index in [1.165, 1.54) is 0 Å². The Morgan fingerprint density at radius 3 is 2.65 bits per heavy atom. The Balaban J connectivity index is 2.61. The van der Waals surface area contributed by atoms with E-state index in [0.29, 0.717) is 26.1 Å². The minimum atomic E-state index is -0.569. The molecule has 1 fully saturated rings. The summed E-state index contributed by atoms with van der Waals surface area (Å²) < 4.78 is 10.8. The van der Waals surface area contributed by atoms with E-state index in [0.717, 1.165) is 26.2 Å². The Morgan fingerprint density at radius 1 is 1.40 bits per heavy atom. The maximum absolute atomic E-state index is 12.3. The van der Waals surface area contributed by atoms with Crippen molar-refractivity contribution >= 4 is 5.97 Å². The lowest BCUT2D eigenvalue weighted by Crippen LogP contribution is -2.59. The monoisotopic (exact) mass is 286 g/mol. The first-order chi connectivity index (χ1) is 9.57. The first-order valence-electron chi connectivity index (χ1n) is 7.84. The van der Waals surface area contributed by atoms with Gasteiger partial charge in [0.15, 0.2) is 0 Å². The molecule has 1 rings (SSSR count). The summed E-state index contributed by atoms with van der Waals surface area (Å²) in [6, 6.07) is 0. The average Bonchev–Trinajstić information content (AvgIpc) is 2.44. The molecule has 0 saturated carbocycles. The van der Waals surface area contributed by atoms with E-state index in [2.05, 4.69) is 24.1 Å². The molecule has 0 amide bonds. The van der Waals surface area contributed by atoms with E-state index in [-0.39, 0.29) is 12.1 Å². The standard InChI is InChI=1S/C15H30N2O3/c1-5-17(6-2)10-9-16-15(14(18)19-7-3)8-11-20-13(4)12-15/h13,16H,5-12H2,1-4H3. The molecule has 1 heterocycles. The fourth-order valence-electron chi connectivity index (χ4n) is 2.77. The van der Waals surface area contributed by atoms with Gasteiger partial charge in [0.25, 0.3) is 0 Å². The number of nitrogens with zero attached hydrogens (tertiary/aromatic N) is 1. The second kappa shape index (κ2) is 8.60. The lowest BCUT2D eigenvalue weighted by Gasteiger charge is -2.39. The summed E-state index contributed by atoms with van der Waals surface area (Å²) in [6.45, 7) is 13.0. The third kappa shape index (κ3) is 4.72. The van der Waals surface area contributed by atoms with Crippen molar-refractivity contribution in [1.82, 2.24) is 10.2 Å². The molecule has 2 unspecified atom stereocenters. The average molecular weight is 286 g/mol. The highest BCUT2D eigenvalue weighted by molar-refractivity contribution is 5.81. The van der Waals surface area contributed by atoms with Gasteiger partial charge in [-0.15, -0.1) is 0 Å². The smallest absolute Gasteiger partial charge is 0.326 e. The Labute approximate surface area is 123 Å². The van der Waals surface area contributed by atoms with Gasteiger partial charge in [0.2, 0.25) is 0 Å². The molecule has 118 valence electrons. The zero-order chi connectivity index (χ0) is 15.0. The van der Waals surface area contributed by atoms with Crippen LogP contribution in [0.2, 0.25) is 0 Å². The predicted molar refractivity (Wildman–Crippen MR) is 79.8 cm³/mol. The van der Waals surface area contributed by atoms with Crippen molar-refractivity contribution < 1.29 is 14.3 Å². The molecule has 1 aliphatic heterocycles. The molecule has 0 radical (unpaired) electrons. The molecule has 0 aromatic rings. The predicted octanol–water partition coefficient (Wildman–Crippen LogP) is 1.42. The zero-order valence-corrected chi connectivity index (χ0v) is 13.4. The van der Waals surface area contributed by atoms with Crippen molar-refractivity contribution in [2.75, 3.05) is 39.4 Å². The fraction of sp³-hybridized carbons (Fsp3) is 0.933. The normalized spacial score (nSPS) is 26.8. The van der Waals surface area contributed by atoms with Crippen molar-refractivity contribution in [3.05, 3.63) is 0 Å². The number of ether oxygens (including phenoxy) is 2. The van der Waals surface area contributed by atoms with E-state index >= 15 is 0 Å². The van der Waals surface area contributed by atoms with E-state index in [1.54, 1.807) is 0 Å². The van der Waals surface area contributed by atoms with Gasteiger partial charge in [0.05, 0.1) is 12.7 Å². The van der Waals surface area contributed by atoms with Crippen molar-refractivity contribution in [2.45, 2.75) is 52.2 Å². The number of hydrogen-bond donors (Lipinski definition) is 1. The summed E-state index contributed by atoms with van der Waals surface area (Å²) in [7, 11) is 0. The number of carbonyl (C=O) groups excluding carboxylic acids is 1. The van der Waals surface area contributed by atoms with Crippen LogP contribution in [0.4, 0.5) is 0 Å². The molecule has 1 aliphatic rings. The number of hydrogen-bond acceptors (Lipinski definition) is 5. The number of nitrogens with one attached hydrogen (secondary N) is 1. The van der Waals surface area contributed by atoms with Crippen LogP contribution in [-0.2, 0) is 14.3 Å². The number of rotatable bonds is 8. The summed E-state index contributed by atoms with van der Waals surface area (Å²) in [6.07, 6.45) is 1.47. The van der Waals surface area contributed by atoms with Gasteiger partial charge in [-0.1, -0.05) is 13.8 Å². The summed E-state index contributed by atoms with van der Waals surface area (Å²) >= 11 is 0. The lowest BCUT2D eigenvalue weighted by atomic mass is 9.87. The Kier molecular flexibility index (Phi) is 7.48. The van der Waals surface area contributed by atoms with Crippen LogP contribution >= 0.6 is 0 Å². The van der Waals surface area contributed by atoms with Crippen molar-refractivity contribution in [3.8, 4) is 0 Å². The van der Waals surface area contributed by atoms with Crippen molar-refractivity contribution in [2.24, 2.45) is 0 Å². The van der Waals surface area contributed by atoms with Gasteiger partial charge in [-0.25, -0.2) is 0 Å². The van der Waals surface area contributed by atoms with Crippen LogP contribution in [0.3, 0.4) is 0 Å². The molecule has 5 heteroatoms. The minimum Gasteiger partial charge on any atom is -0.465 e. The Hall–Kier alpha value is -0.650. The van der Waals surface area contributed by atoms with Crippen LogP contribution in [0.15, 0.2) is 0 Å². The van der Waals surface area contributed by atoms with Gasteiger partial charge in [0, 0.05) is 26.1 Å². The molecule has 5 nitrogen and oxygen atoms in total. The molecule has 0 aromatic heterocycles. The van der Waals surface area contributed by atoms with Crippen molar-refractivity contribution in [3.63, 3.8) is 0 Å². The maximum atomic E-state index is 12.3. The van der Waals surface area contributed by atoms with E-state index < -0.39 is 5.54 Å². The van der Waals surface area contributed by atoms with Crippen LogP contribution in [-0.4, -0.2) is 61.9 Å². The zero-order valence-electron chi connectivity index (χ0n) is 13.4. The molecule has 1 saturated heterocycles. The number of esters is 1. The second-order valence-electron chi connectivity index (χ2n) is 5.39. The fourth-order valence-corrected chi connectivity index (χ4v) is 2.77. The van der Waals surface area contributed by atoms with Gasteiger partial charge < -0.3 is 19.7 Å². The summed E-state index contributed by atoms with van der Waals surface area (Å²) in [4.78, 5) is 14.7. The second-order valence-corrected chi connectivity index (χ2v) is 5.39. The van der Waals surface area contributed by atoms with Gasteiger partial charge in [-0.3, -0.25) is 4.79 Å². The number of carbonyl (C=O) groups is 1. The molecule has 20 heavy (non-hydrogen) atoms. The van der Waals surface area contributed by atoms with Gasteiger partial charge in [0.1, 0.15) is 5.54 Å². The van der Waals surface area contributed by atoms with E-state index in [1.807, 2.05) is 13.8 Å². The van der Waals surface area contributed by atoms with Gasteiger partial charge in [-0.05, 0) is 33.4 Å². The topological polar surface area (TPSA) is 50.8 Å². The number of likely N-dealkylation sites (N-methyl/N-ethyl adjacent to an activating group) is 1. The molecule has 2 atom stereocenters. The molecule has 0 bridgehead atoms. The van der Waals surface area contributed by atoms with Crippen LogP contribution < -0.4 is 5.32 Å². The molecular formula is C15H30N2O3. The van der Waals surface area contributed by atoms with Crippen molar-refractivity contribution in [1.29, 1.82) is 0 Å². The molecule has 0 spiro atoms. The third-order valence-corrected chi connectivity index (χ3v) is 4.02. The minimum absolute atomic E-state index is 0.0918. The van der Waals surface area contributed by atoms with E-state index in [9.17, 15) is 4.79 Å². The lowest BCUT2D eigenvalue weighted by molar-refractivity contribution is -0.158. The molecule has 1 N–H and O–H groups in total. The van der Waals surface area contributed by atoms with E-state index in [4.69, 9.17) is 9.47 Å². The largest absolute Gasteiger partial charge is 0.465 e. The highest BCUT2D eigenvalue weighted by Crippen LogP contribution is 2.26. The first-order valence-corrected chi connectivity index (χ1v) is 7.84. The van der Waals surface area contributed by atoms with Crippen LogP contribution in [0, 0.1) is 0 Å². The highest BCUT2D eigenvalue weighted by atomic mass is 16.5. The third-order valence-electron chi connectivity index (χ3n) is 4.02. The summed E-state index contributed by atoms with van der Waals surface area (Å²) in [5.74, 6) is -0.130. The Morgan fingerprint density at radius 2 is 2.10 bits per heavy atom. The SMILES string of the molecule is CCOC(=O)C1(NCCN(CC)CC)CCOC(C)C1. The first kappa shape index (κ1) is 17.4. The molecular weight excluding hydrogens is 256 g/mol. The summed E-state index contributed by atoms with van der Waals surface area (Å²) in [5.41, 5.74) is -0.569. The maximum Gasteiger partial charge on any atom is 0.326 e. The molecule has 0 aliphatic carbocycles. The summed E-state index contributed by atoms with van der Waals surface area (Å²) in [5, 5.41) is 3.45. The van der Waals surface area contributed by atoms with Crippen LogP contribution in [0.25, 0.3) is 0 Å². The quantitative estimate of drug-likeness (QED) is 0.684. The Bertz CT molecular complexity index is 295. The van der Waals surface area contributed by atoms with Crippen LogP contribution in [0.1, 0.15) is 40.5 Å².